The molecule has 3 aromatic rings. The van der Waals surface area contributed by atoms with E-state index < -0.39 is 6.10 Å². The molecule has 0 bridgehead atoms. The van der Waals surface area contributed by atoms with E-state index in [1.165, 1.54) is 0 Å². The Hall–Kier alpha value is -2.13. The molecule has 0 amide bonds. The van der Waals surface area contributed by atoms with Crippen molar-refractivity contribution >= 4 is 21.7 Å². The van der Waals surface area contributed by atoms with Crippen LogP contribution in [-0.2, 0) is 6.42 Å². The second-order valence-corrected chi connectivity index (χ2v) is 5.04. The summed E-state index contributed by atoms with van der Waals surface area (Å²) in [5.74, 6) is 0. The highest BCUT2D eigenvalue weighted by Gasteiger charge is 2.23. The van der Waals surface area contributed by atoms with E-state index in [-0.39, 0.29) is 5.63 Å². The number of benzene rings is 2. The lowest BCUT2D eigenvalue weighted by atomic mass is 9.87. The number of hydrogen-bond acceptors (Lipinski definition) is 3. The highest BCUT2D eigenvalue weighted by Crippen LogP contribution is 2.38. The van der Waals surface area contributed by atoms with Crippen LogP contribution in [0.5, 0.6) is 0 Å². The molecule has 3 heteroatoms. The molecule has 19 heavy (non-hydrogen) atoms. The normalized spacial score (nSPS) is 18.1. The molecule has 0 spiro atoms. The minimum atomic E-state index is -0.479. The molecule has 2 aromatic carbocycles. The van der Waals surface area contributed by atoms with Gasteiger partial charge in [0.15, 0.2) is 0 Å². The summed E-state index contributed by atoms with van der Waals surface area (Å²) in [7, 11) is 0. The fourth-order valence-corrected chi connectivity index (χ4v) is 3.02. The minimum absolute atomic E-state index is 0.318. The Morgan fingerprint density at radius 1 is 1.21 bits per heavy atom. The van der Waals surface area contributed by atoms with Crippen molar-refractivity contribution in [3.8, 4) is 0 Å². The number of aryl methyl sites for hydroxylation is 1. The van der Waals surface area contributed by atoms with Crippen LogP contribution in [0.15, 0.2) is 45.6 Å². The molecule has 1 aliphatic rings. The van der Waals surface area contributed by atoms with Gasteiger partial charge in [-0.2, -0.15) is 0 Å². The van der Waals surface area contributed by atoms with E-state index in [0.717, 1.165) is 27.3 Å². The Morgan fingerprint density at radius 2 is 2.05 bits per heavy atom. The molecule has 3 nitrogen and oxygen atoms in total. The Kier molecular flexibility index (Phi) is 2.09. The van der Waals surface area contributed by atoms with Crippen molar-refractivity contribution in [1.29, 1.82) is 0 Å². The van der Waals surface area contributed by atoms with E-state index in [0.29, 0.717) is 18.4 Å². The first-order valence-corrected chi connectivity index (χ1v) is 6.40. The highest BCUT2D eigenvalue weighted by atomic mass is 16.4. The molecule has 1 aliphatic carbocycles. The van der Waals surface area contributed by atoms with Crippen LogP contribution in [0.1, 0.15) is 23.7 Å². The van der Waals surface area contributed by atoms with Gasteiger partial charge in [0.1, 0.15) is 5.58 Å². The molecular weight excluding hydrogens is 240 g/mol. The van der Waals surface area contributed by atoms with Crippen LogP contribution < -0.4 is 5.63 Å². The summed E-state index contributed by atoms with van der Waals surface area (Å²) >= 11 is 0. The lowest BCUT2D eigenvalue weighted by Crippen LogP contribution is -2.11. The summed E-state index contributed by atoms with van der Waals surface area (Å²) in [6, 6.07) is 11.3. The fraction of sp³-hybridized carbons (Fsp3) is 0.188. The van der Waals surface area contributed by atoms with Gasteiger partial charge in [-0.05, 0) is 35.4 Å². The first-order valence-electron chi connectivity index (χ1n) is 6.40. The molecule has 94 valence electrons. The number of fused-ring (bicyclic) bond motifs is 2. The zero-order valence-corrected chi connectivity index (χ0v) is 10.2. The summed E-state index contributed by atoms with van der Waals surface area (Å²) < 4.78 is 5.41. The number of hydrogen-bond donors (Lipinski definition) is 1. The molecule has 1 N–H and O–H groups in total. The Bertz CT molecular complexity index is 861. The van der Waals surface area contributed by atoms with Crippen LogP contribution in [0.2, 0.25) is 0 Å². The van der Waals surface area contributed by atoms with Gasteiger partial charge in [0.2, 0.25) is 0 Å². The molecule has 0 saturated heterocycles. The summed E-state index contributed by atoms with van der Waals surface area (Å²) in [4.78, 5) is 11.7. The molecule has 0 radical (unpaired) electrons. The van der Waals surface area contributed by atoms with Crippen molar-refractivity contribution in [2.75, 3.05) is 0 Å². The molecular formula is C16H12O3. The minimum Gasteiger partial charge on any atom is -0.422 e. The number of aliphatic hydroxyl groups excluding tert-OH is 1. The van der Waals surface area contributed by atoms with Crippen LogP contribution in [-0.4, -0.2) is 5.11 Å². The van der Waals surface area contributed by atoms with Crippen molar-refractivity contribution in [2.24, 2.45) is 0 Å². The van der Waals surface area contributed by atoms with E-state index in [9.17, 15) is 9.90 Å². The van der Waals surface area contributed by atoms with Gasteiger partial charge in [-0.3, -0.25) is 0 Å². The van der Waals surface area contributed by atoms with E-state index >= 15 is 0 Å². The van der Waals surface area contributed by atoms with Crippen LogP contribution in [0.3, 0.4) is 0 Å². The lowest BCUT2D eigenvalue weighted by Gasteiger charge is -2.22. The SMILES string of the molecule is O=c1cc2c3c(cc4ccccc4c3o1)C(O)CC2. The molecule has 1 unspecified atom stereocenters. The smallest absolute Gasteiger partial charge is 0.336 e. The first kappa shape index (κ1) is 10.8. The number of rotatable bonds is 0. The van der Waals surface area contributed by atoms with Crippen LogP contribution in [0.4, 0.5) is 0 Å². The molecule has 0 saturated carbocycles. The average Bonchev–Trinajstić information content (AvgIpc) is 2.42. The Balaban J connectivity index is 2.32. The van der Waals surface area contributed by atoms with E-state index in [1.54, 1.807) is 6.07 Å². The molecule has 0 aliphatic heterocycles. The number of aliphatic hydroxyl groups is 1. The average molecular weight is 252 g/mol. The van der Waals surface area contributed by atoms with Crippen molar-refractivity contribution in [2.45, 2.75) is 18.9 Å². The third kappa shape index (κ3) is 1.45. The third-order valence-electron chi connectivity index (χ3n) is 3.89. The monoisotopic (exact) mass is 252 g/mol. The summed E-state index contributed by atoms with van der Waals surface area (Å²) in [5.41, 5.74) is 2.14. The largest absolute Gasteiger partial charge is 0.422 e. The Labute approximate surface area is 109 Å². The summed E-state index contributed by atoms with van der Waals surface area (Å²) in [5, 5.41) is 13.0. The second-order valence-electron chi connectivity index (χ2n) is 5.04. The predicted octanol–water partition coefficient (Wildman–Crippen LogP) is 2.93. The van der Waals surface area contributed by atoms with E-state index in [2.05, 4.69) is 0 Å². The molecule has 1 heterocycles. The first-order chi connectivity index (χ1) is 9.24. The van der Waals surface area contributed by atoms with Gasteiger partial charge in [0.05, 0.1) is 6.10 Å². The van der Waals surface area contributed by atoms with Crippen LogP contribution in [0, 0.1) is 0 Å². The van der Waals surface area contributed by atoms with Crippen molar-refractivity contribution < 1.29 is 9.52 Å². The Morgan fingerprint density at radius 3 is 2.95 bits per heavy atom. The van der Waals surface area contributed by atoms with Gasteiger partial charge in [-0.25, -0.2) is 4.79 Å². The van der Waals surface area contributed by atoms with Gasteiger partial charge in [-0.15, -0.1) is 0 Å². The van der Waals surface area contributed by atoms with E-state index in [1.807, 2.05) is 30.3 Å². The van der Waals surface area contributed by atoms with Gasteiger partial charge in [-0.1, -0.05) is 24.3 Å². The van der Waals surface area contributed by atoms with E-state index in [4.69, 9.17) is 4.42 Å². The second kappa shape index (κ2) is 3.68. The van der Waals surface area contributed by atoms with Crippen molar-refractivity contribution in [1.82, 2.24) is 0 Å². The fourth-order valence-electron chi connectivity index (χ4n) is 3.02. The van der Waals surface area contributed by atoms with Gasteiger partial charge < -0.3 is 9.52 Å². The molecule has 0 fully saturated rings. The molecule has 4 rings (SSSR count). The van der Waals surface area contributed by atoms with Crippen molar-refractivity contribution in [3.63, 3.8) is 0 Å². The van der Waals surface area contributed by atoms with Gasteiger partial charge in [0.25, 0.3) is 0 Å². The third-order valence-corrected chi connectivity index (χ3v) is 3.89. The maximum Gasteiger partial charge on any atom is 0.336 e. The maximum absolute atomic E-state index is 11.7. The summed E-state index contributed by atoms with van der Waals surface area (Å²) in [6.45, 7) is 0. The molecule has 1 aromatic heterocycles. The summed E-state index contributed by atoms with van der Waals surface area (Å²) in [6.07, 6.45) is 0.894. The van der Waals surface area contributed by atoms with Crippen molar-refractivity contribution in [3.05, 3.63) is 57.9 Å². The standard InChI is InChI=1S/C16H12O3/c17-13-6-5-10-8-14(18)19-16-11-4-2-1-3-9(11)7-12(13)15(10)16/h1-4,7-8,13,17H,5-6H2. The maximum atomic E-state index is 11.7. The quantitative estimate of drug-likeness (QED) is 0.494. The van der Waals surface area contributed by atoms with Crippen LogP contribution in [0.25, 0.3) is 21.7 Å². The topological polar surface area (TPSA) is 50.4 Å². The lowest BCUT2D eigenvalue weighted by molar-refractivity contribution is 0.166. The predicted molar refractivity (Wildman–Crippen MR) is 73.3 cm³/mol. The zero-order valence-electron chi connectivity index (χ0n) is 10.2. The van der Waals surface area contributed by atoms with Gasteiger partial charge in [0, 0.05) is 16.8 Å². The highest BCUT2D eigenvalue weighted by molar-refractivity contribution is 6.07. The zero-order chi connectivity index (χ0) is 13.0. The van der Waals surface area contributed by atoms with Crippen LogP contribution >= 0.6 is 0 Å². The molecule has 1 atom stereocenters. The van der Waals surface area contributed by atoms with Gasteiger partial charge >= 0.3 is 5.63 Å².